The minimum Gasteiger partial charge on any atom is -0.473 e. The van der Waals surface area contributed by atoms with Gasteiger partial charge in [-0.2, -0.15) is 0 Å². The fourth-order valence-electron chi connectivity index (χ4n) is 2.48. The van der Waals surface area contributed by atoms with Gasteiger partial charge in [0.05, 0.1) is 0 Å². The summed E-state index contributed by atoms with van der Waals surface area (Å²) in [6.45, 7) is 2.93. The molecule has 0 bridgehead atoms. The Hall–Kier alpha value is -2.49. The number of hydrogen-bond donors (Lipinski definition) is 2. The topological polar surface area (TPSA) is 50.4 Å². The Labute approximate surface area is 144 Å². The molecule has 24 heavy (non-hydrogen) atoms. The van der Waals surface area contributed by atoms with Crippen LogP contribution in [0, 0.1) is 0 Å². The van der Waals surface area contributed by atoms with Gasteiger partial charge >= 0.3 is 6.03 Å². The zero-order valence-corrected chi connectivity index (χ0v) is 14.3. The van der Waals surface area contributed by atoms with Crippen molar-refractivity contribution in [2.45, 2.75) is 32.6 Å². The first-order valence-electron chi connectivity index (χ1n) is 8.56. The molecule has 0 aromatic heterocycles. The Morgan fingerprint density at radius 1 is 0.958 bits per heavy atom. The molecule has 0 unspecified atom stereocenters. The van der Waals surface area contributed by atoms with Gasteiger partial charge in [0.1, 0.15) is 5.75 Å². The Balaban J connectivity index is 1.55. The highest BCUT2D eigenvalue weighted by Gasteiger charge is 2.02. The normalized spacial score (nSPS) is 10.2. The molecule has 0 aliphatic carbocycles. The standard InChI is InChI=1S/C20H26N2O2/c1-2-18-13-6-7-14-19(18)24-16-22-20(23)21-15-9-8-12-17-10-4-3-5-11-17/h3-7,10-11,13-14H,2,8-9,12,15-16H2,1H3,(H2,21,22,23). The molecular formula is C20H26N2O2. The first-order valence-corrected chi connectivity index (χ1v) is 8.56. The number of rotatable bonds is 9. The molecule has 2 aromatic carbocycles. The number of para-hydroxylation sites is 1. The molecule has 128 valence electrons. The van der Waals surface area contributed by atoms with Crippen LogP contribution in [0.2, 0.25) is 0 Å². The minimum absolute atomic E-state index is 0.173. The average Bonchev–Trinajstić information content (AvgIpc) is 2.63. The molecular weight excluding hydrogens is 300 g/mol. The van der Waals surface area contributed by atoms with Gasteiger partial charge in [0.2, 0.25) is 0 Å². The van der Waals surface area contributed by atoms with Gasteiger partial charge in [-0.1, -0.05) is 55.5 Å². The molecule has 4 nitrogen and oxygen atoms in total. The van der Waals surface area contributed by atoms with Crippen molar-refractivity contribution in [2.75, 3.05) is 13.3 Å². The Bertz CT molecular complexity index is 614. The summed E-state index contributed by atoms with van der Waals surface area (Å²) in [4.78, 5) is 11.7. The highest BCUT2D eigenvalue weighted by Crippen LogP contribution is 2.17. The lowest BCUT2D eigenvalue weighted by molar-refractivity contribution is 0.223. The van der Waals surface area contributed by atoms with E-state index in [9.17, 15) is 4.79 Å². The molecule has 0 atom stereocenters. The first kappa shape index (κ1) is 17.9. The Morgan fingerprint density at radius 2 is 1.71 bits per heavy atom. The van der Waals surface area contributed by atoms with Crippen molar-refractivity contribution in [1.82, 2.24) is 10.6 Å². The molecule has 2 rings (SSSR count). The van der Waals surface area contributed by atoms with Crippen molar-refractivity contribution < 1.29 is 9.53 Å². The van der Waals surface area contributed by atoms with E-state index in [1.807, 2.05) is 30.3 Å². The molecule has 0 saturated carbocycles. The largest absolute Gasteiger partial charge is 0.473 e. The monoisotopic (exact) mass is 326 g/mol. The fourth-order valence-corrected chi connectivity index (χ4v) is 2.48. The number of amides is 2. The van der Waals surface area contributed by atoms with E-state index < -0.39 is 0 Å². The van der Waals surface area contributed by atoms with E-state index in [2.05, 4.69) is 41.8 Å². The number of aryl methyl sites for hydroxylation is 2. The first-order chi connectivity index (χ1) is 11.8. The zero-order chi connectivity index (χ0) is 17.0. The SMILES string of the molecule is CCc1ccccc1OCNC(=O)NCCCCc1ccccc1. The van der Waals surface area contributed by atoms with E-state index in [1.165, 1.54) is 5.56 Å². The van der Waals surface area contributed by atoms with Crippen molar-refractivity contribution in [2.24, 2.45) is 0 Å². The molecule has 0 aliphatic heterocycles. The van der Waals surface area contributed by atoms with Crippen molar-refractivity contribution in [3.05, 3.63) is 65.7 Å². The summed E-state index contributed by atoms with van der Waals surface area (Å²) in [7, 11) is 0. The number of unbranched alkanes of at least 4 members (excludes halogenated alkanes) is 1. The van der Waals surface area contributed by atoms with Gasteiger partial charge in [0.15, 0.2) is 6.73 Å². The second-order valence-electron chi connectivity index (χ2n) is 5.63. The van der Waals surface area contributed by atoms with E-state index >= 15 is 0 Å². The van der Waals surface area contributed by atoms with E-state index in [-0.39, 0.29) is 12.8 Å². The van der Waals surface area contributed by atoms with Gasteiger partial charge < -0.3 is 15.4 Å². The van der Waals surface area contributed by atoms with Crippen LogP contribution in [0.25, 0.3) is 0 Å². The quantitative estimate of drug-likeness (QED) is 0.542. The summed E-state index contributed by atoms with van der Waals surface area (Å²) < 4.78 is 5.61. The maximum Gasteiger partial charge on any atom is 0.317 e. The lowest BCUT2D eigenvalue weighted by Gasteiger charge is -2.11. The van der Waals surface area contributed by atoms with Crippen LogP contribution < -0.4 is 15.4 Å². The van der Waals surface area contributed by atoms with Crippen LogP contribution in [0.1, 0.15) is 30.9 Å². The fraction of sp³-hybridized carbons (Fsp3) is 0.350. The number of urea groups is 1. The summed E-state index contributed by atoms with van der Waals surface area (Å²) in [5, 5.41) is 5.57. The van der Waals surface area contributed by atoms with Crippen LogP contribution >= 0.6 is 0 Å². The summed E-state index contributed by atoms with van der Waals surface area (Å²) in [5.74, 6) is 0.822. The van der Waals surface area contributed by atoms with Crippen LogP contribution in [-0.2, 0) is 12.8 Å². The van der Waals surface area contributed by atoms with Crippen LogP contribution in [0.3, 0.4) is 0 Å². The van der Waals surface area contributed by atoms with Gasteiger partial charge in [-0.25, -0.2) is 4.79 Å². The van der Waals surface area contributed by atoms with Crippen LogP contribution in [0.15, 0.2) is 54.6 Å². The van der Waals surface area contributed by atoms with Gasteiger partial charge in [0.25, 0.3) is 0 Å². The zero-order valence-electron chi connectivity index (χ0n) is 14.3. The number of benzene rings is 2. The molecule has 4 heteroatoms. The van der Waals surface area contributed by atoms with E-state index in [0.717, 1.165) is 37.0 Å². The van der Waals surface area contributed by atoms with Crippen LogP contribution in [0.4, 0.5) is 4.79 Å². The molecule has 0 aliphatic rings. The van der Waals surface area contributed by atoms with Gasteiger partial charge in [-0.05, 0) is 42.9 Å². The molecule has 2 amide bonds. The second kappa shape index (κ2) is 10.3. The predicted molar refractivity (Wildman–Crippen MR) is 97.2 cm³/mol. The molecule has 0 saturated heterocycles. The highest BCUT2D eigenvalue weighted by molar-refractivity contribution is 5.73. The van der Waals surface area contributed by atoms with Crippen molar-refractivity contribution in [1.29, 1.82) is 0 Å². The second-order valence-corrected chi connectivity index (χ2v) is 5.63. The molecule has 0 spiro atoms. The van der Waals surface area contributed by atoms with Gasteiger partial charge in [-0.3, -0.25) is 0 Å². The summed E-state index contributed by atoms with van der Waals surface area (Å²) in [6, 6.07) is 18.1. The molecule has 2 aromatic rings. The lowest BCUT2D eigenvalue weighted by Crippen LogP contribution is -2.38. The minimum atomic E-state index is -0.191. The number of ether oxygens (including phenoxy) is 1. The third-order valence-corrected chi connectivity index (χ3v) is 3.83. The summed E-state index contributed by atoms with van der Waals surface area (Å²) in [6.07, 6.45) is 3.97. The number of hydrogen-bond acceptors (Lipinski definition) is 2. The summed E-state index contributed by atoms with van der Waals surface area (Å²) in [5.41, 5.74) is 2.48. The molecule has 2 N–H and O–H groups in total. The number of carbonyl (C=O) groups is 1. The number of nitrogens with one attached hydrogen (secondary N) is 2. The third-order valence-electron chi connectivity index (χ3n) is 3.83. The Morgan fingerprint density at radius 3 is 2.50 bits per heavy atom. The average molecular weight is 326 g/mol. The van der Waals surface area contributed by atoms with Crippen molar-refractivity contribution in [3.8, 4) is 5.75 Å². The molecule has 0 radical (unpaired) electrons. The van der Waals surface area contributed by atoms with Crippen LogP contribution in [-0.4, -0.2) is 19.3 Å². The third kappa shape index (κ3) is 6.32. The number of carbonyl (C=O) groups excluding carboxylic acids is 1. The highest BCUT2D eigenvalue weighted by atomic mass is 16.5. The van der Waals surface area contributed by atoms with E-state index in [0.29, 0.717) is 6.54 Å². The molecule has 0 heterocycles. The summed E-state index contributed by atoms with van der Waals surface area (Å²) >= 11 is 0. The maximum absolute atomic E-state index is 11.7. The van der Waals surface area contributed by atoms with Crippen molar-refractivity contribution >= 4 is 6.03 Å². The smallest absolute Gasteiger partial charge is 0.317 e. The van der Waals surface area contributed by atoms with Gasteiger partial charge in [-0.15, -0.1) is 0 Å². The maximum atomic E-state index is 11.7. The van der Waals surface area contributed by atoms with Gasteiger partial charge in [0, 0.05) is 6.54 Å². The predicted octanol–water partition coefficient (Wildman–Crippen LogP) is 3.91. The van der Waals surface area contributed by atoms with Crippen LogP contribution in [0.5, 0.6) is 5.75 Å². The van der Waals surface area contributed by atoms with E-state index in [1.54, 1.807) is 0 Å². The molecule has 0 fully saturated rings. The lowest BCUT2D eigenvalue weighted by atomic mass is 10.1. The van der Waals surface area contributed by atoms with Crippen molar-refractivity contribution in [3.63, 3.8) is 0 Å². The Kier molecular flexibility index (Phi) is 7.68. The van der Waals surface area contributed by atoms with E-state index in [4.69, 9.17) is 4.74 Å².